The molecule has 8 atom stereocenters. The zero-order valence-corrected chi connectivity index (χ0v) is 20.7. The van der Waals surface area contributed by atoms with E-state index in [1.165, 1.54) is 30.4 Å². The zero-order valence-electron chi connectivity index (χ0n) is 20.7. The second kappa shape index (κ2) is 5.05. The van der Waals surface area contributed by atoms with Crippen LogP contribution in [0.2, 0.25) is 0 Å². The third-order valence-corrected chi connectivity index (χ3v) is 12.2. The molecule has 4 fully saturated rings. The lowest BCUT2D eigenvalue weighted by Crippen LogP contribution is -2.68. The first kappa shape index (κ1) is 20.1. The van der Waals surface area contributed by atoms with Crippen LogP contribution in [0.4, 0.5) is 0 Å². The molecule has 1 unspecified atom stereocenters. The van der Waals surface area contributed by atoms with Crippen LogP contribution >= 0.6 is 0 Å². The Balaban J connectivity index is 1.53. The Morgan fingerprint density at radius 3 is 2.50 bits per heavy atom. The minimum Gasteiger partial charge on any atom is -0.493 e. The second-order valence-corrected chi connectivity index (χ2v) is 13.4. The van der Waals surface area contributed by atoms with E-state index in [-0.39, 0.29) is 27.8 Å². The molecule has 0 radical (unpaired) electrons. The Morgan fingerprint density at radius 2 is 1.88 bits per heavy atom. The van der Waals surface area contributed by atoms with Crippen molar-refractivity contribution in [2.24, 2.45) is 27.6 Å². The highest BCUT2D eigenvalue weighted by Gasteiger charge is 2.95. The maximum Gasteiger partial charge on any atom is 0.165 e. The summed E-state index contributed by atoms with van der Waals surface area (Å²) in [5.41, 5.74) is 1.60. The molecule has 0 aromatic heterocycles. The summed E-state index contributed by atoms with van der Waals surface area (Å²) in [7, 11) is 3.61. The number of hydrogen-bond donors (Lipinski definition) is 1. The quantitative estimate of drug-likeness (QED) is 0.716. The maximum absolute atomic E-state index is 12.3. The van der Waals surface area contributed by atoms with Crippen molar-refractivity contribution >= 4 is 0 Å². The number of methoxy groups -OCH3 is 2. The van der Waals surface area contributed by atoms with Gasteiger partial charge in [0.2, 0.25) is 0 Å². The van der Waals surface area contributed by atoms with E-state index in [1.54, 1.807) is 7.11 Å². The van der Waals surface area contributed by atoms with Crippen molar-refractivity contribution < 1.29 is 19.3 Å². The number of hydrogen-bond acceptors (Lipinski definition) is 4. The van der Waals surface area contributed by atoms with Gasteiger partial charge in [-0.3, -0.25) is 0 Å². The van der Waals surface area contributed by atoms with Crippen LogP contribution in [0.3, 0.4) is 0 Å². The van der Waals surface area contributed by atoms with Gasteiger partial charge in [-0.05, 0) is 79.2 Å². The van der Waals surface area contributed by atoms with Crippen LogP contribution in [0.1, 0.15) is 77.8 Å². The van der Waals surface area contributed by atoms with Gasteiger partial charge in [-0.2, -0.15) is 0 Å². The molecule has 1 N–H and O–H groups in total. The predicted molar refractivity (Wildman–Crippen MR) is 122 cm³/mol. The number of fused-ring (bicyclic) bond motifs is 3. The average Bonchev–Trinajstić information content (AvgIpc) is 3.56. The van der Waals surface area contributed by atoms with Crippen molar-refractivity contribution in [1.29, 1.82) is 0 Å². The summed E-state index contributed by atoms with van der Waals surface area (Å²) in [5.74, 6) is 2.55. The number of rotatable bonds is 4. The van der Waals surface area contributed by atoms with Crippen molar-refractivity contribution in [3.8, 4) is 11.5 Å². The highest BCUT2D eigenvalue weighted by molar-refractivity contribution is 5.66. The molecule has 1 aromatic rings. The van der Waals surface area contributed by atoms with Crippen LogP contribution < -0.4 is 9.47 Å². The van der Waals surface area contributed by atoms with Crippen LogP contribution in [0.15, 0.2) is 12.1 Å². The van der Waals surface area contributed by atoms with Crippen LogP contribution in [-0.4, -0.2) is 36.6 Å². The van der Waals surface area contributed by atoms with Gasteiger partial charge >= 0.3 is 0 Å². The van der Waals surface area contributed by atoms with E-state index in [0.29, 0.717) is 5.41 Å². The molecule has 6 aliphatic rings. The Kier molecular flexibility index (Phi) is 3.18. The molecular weight excluding hydrogens is 400 g/mol. The Hall–Kier alpha value is -1.26. The molecule has 4 saturated carbocycles. The molecule has 7 rings (SSSR count). The summed E-state index contributed by atoms with van der Waals surface area (Å²) in [6, 6.07) is 4.42. The summed E-state index contributed by atoms with van der Waals surface area (Å²) in [4.78, 5) is 0. The minimum atomic E-state index is -0.858. The lowest BCUT2D eigenvalue weighted by molar-refractivity contribution is -0.210. The maximum atomic E-state index is 12.3. The molecular formula is C28H38O4. The van der Waals surface area contributed by atoms with Gasteiger partial charge in [0.1, 0.15) is 11.7 Å². The first-order chi connectivity index (χ1) is 15.0. The van der Waals surface area contributed by atoms with Crippen molar-refractivity contribution in [1.82, 2.24) is 0 Å². The van der Waals surface area contributed by atoms with E-state index in [4.69, 9.17) is 14.2 Å². The van der Waals surface area contributed by atoms with Gasteiger partial charge in [0.05, 0.1) is 12.7 Å². The van der Waals surface area contributed by atoms with Crippen molar-refractivity contribution in [3.05, 3.63) is 23.3 Å². The highest BCUT2D eigenvalue weighted by atomic mass is 16.6. The molecule has 2 bridgehead atoms. The lowest BCUT2D eigenvalue weighted by Gasteiger charge is -2.60. The number of ether oxygens (including phenoxy) is 3. The minimum absolute atomic E-state index is 0.0217. The normalized spacial score (nSPS) is 50.0. The van der Waals surface area contributed by atoms with Gasteiger partial charge in [0, 0.05) is 23.5 Å². The molecule has 0 amide bonds. The third kappa shape index (κ3) is 1.60. The predicted octanol–water partition coefficient (Wildman–Crippen LogP) is 5.03. The highest BCUT2D eigenvalue weighted by Crippen LogP contribution is 2.93. The van der Waals surface area contributed by atoms with E-state index < -0.39 is 11.2 Å². The molecule has 32 heavy (non-hydrogen) atoms. The van der Waals surface area contributed by atoms with Crippen LogP contribution in [0.5, 0.6) is 11.5 Å². The Bertz CT molecular complexity index is 1070. The third-order valence-electron chi connectivity index (χ3n) is 12.2. The number of aliphatic hydroxyl groups is 1. The Labute approximate surface area is 192 Å². The van der Waals surface area contributed by atoms with Gasteiger partial charge in [-0.15, -0.1) is 0 Å². The molecule has 1 heterocycles. The van der Waals surface area contributed by atoms with Gasteiger partial charge in [0.25, 0.3) is 0 Å². The van der Waals surface area contributed by atoms with Gasteiger partial charge in [-0.25, -0.2) is 0 Å². The molecule has 4 nitrogen and oxygen atoms in total. The molecule has 1 aromatic carbocycles. The topological polar surface area (TPSA) is 47.9 Å². The fourth-order valence-electron chi connectivity index (χ4n) is 10.4. The van der Waals surface area contributed by atoms with Gasteiger partial charge < -0.3 is 19.3 Å². The fourth-order valence-corrected chi connectivity index (χ4v) is 10.4. The summed E-state index contributed by atoms with van der Waals surface area (Å²) in [6.45, 7) is 11.0. The summed E-state index contributed by atoms with van der Waals surface area (Å²) >= 11 is 0. The van der Waals surface area contributed by atoms with Crippen LogP contribution in [0.25, 0.3) is 0 Å². The first-order valence-corrected chi connectivity index (χ1v) is 12.6. The van der Waals surface area contributed by atoms with E-state index >= 15 is 0 Å². The van der Waals surface area contributed by atoms with E-state index in [2.05, 4.69) is 46.8 Å². The standard InChI is InChI=1S/C28H38O4/c1-8-25-14-26(23(5,29)22(2,3)4)15-28(26,31-7)21-27(25)13-24(12-18(24)25)11-16-9-10-17(30-6)20(32-21)19(16)27/h9-10,18,21,29H,8,11-15H2,1-7H3/t18-,21-,23-,24?,25-,26-,27+,28+/m1/s1. The first-order valence-electron chi connectivity index (χ1n) is 12.6. The van der Waals surface area contributed by atoms with Crippen molar-refractivity contribution in [2.45, 2.75) is 95.9 Å². The largest absolute Gasteiger partial charge is 0.493 e. The molecule has 2 spiro atoms. The van der Waals surface area contributed by atoms with E-state index in [0.717, 1.165) is 36.7 Å². The zero-order chi connectivity index (χ0) is 22.7. The number of benzene rings is 1. The summed E-state index contributed by atoms with van der Waals surface area (Å²) < 4.78 is 19.4. The average molecular weight is 439 g/mol. The van der Waals surface area contributed by atoms with Crippen LogP contribution in [-0.2, 0) is 16.6 Å². The molecule has 174 valence electrons. The van der Waals surface area contributed by atoms with Crippen molar-refractivity contribution in [2.75, 3.05) is 14.2 Å². The van der Waals surface area contributed by atoms with E-state index in [9.17, 15) is 5.11 Å². The molecule has 1 aliphatic heterocycles. The SMILES string of the molecule is CC[C@]12C[C@]3([C@](C)(O)C(C)(C)C)C[C@]3(OC)[C@@H]3Oc4c(OC)ccc5c4[C@@]31CC1(C5)C[C@H]12. The Morgan fingerprint density at radius 1 is 1.12 bits per heavy atom. The molecule has 5 aliphatic carbocycles. The van der Waals surface area contributed by atoms with Gasteiger partial charge in [-0.1, -0.05) is 33.8 Å². The summed E-state index contributed by atoms with van der Waals surface area (Å²) in [5, 5.41) is 12.3. The smallest absolute Gasteiger partial charge is 0.165 e. The lowest BCUT2D eigenvalue weighted by atomic mass is 9.45. The molecule has 0 saturated heterocycles. The molecule has 4 heteroatoms. The second-order valence-electron chi connectivity index (χ2n) is 13.4. The fraction of sp³-hybridized carbons (Fsp3) is 0.786. The van der Waals surface area contributed by atoms with Crippen LogP contribution in [0, 0.1) is 27.6 Å². The monoisotopic (exact) mass is 438 g/mol. The van der Waals surface area contributed by atoms with E-state index in [1.807, 2.05) is 7.11 Å². The van der Waals surface area contributed by atoms with Crippen molar-refractivity contribution in [3.63, 3.8) is 0 Å². The summed E-state index contributed by atoms with van der Waals surface area (Å²) in [6.07, 6.45) is 6.72. The van der Waals surface area contributed by atoms with Gasteiger partial charge in [0.15, 0.2) is 11.5 Å².